The smallest absolute Gasteiger partial charge is 0.433 e. The lowest BCUT2D eigenvalue weighted by Gasteiger charge is -2.30. The van der Waals surface area contributed by atoms with E-state index in [9.17, 15) is 27.9 Å². The van der Waals surface area contributed by atoms with Crippen LogP contribution in [-0.4, -0.2) is 46.4 Å². The molecule has 2 aromatic carbocycles. The Morgan fingerprint density at radius 3 is 2.39 bits per heavy atom. The number of hydrogen-bond donors (Lipinski definition) is 2. The van der Waals surface area contributed by atoms with Crippen molar-refractivity contribution in [3.8, 4) is 11.5 Å². The molecule has 1 saturated heterocycles. The summed E-state index contributed by atoms with van der Waals surface area (Å²) in [4.78, 5) is 25.6. The molecule has 1 fully saturated rings. The van der Waals surface area contributed by atoms with Gasteiger partial charge in [0, 0.05) is 5.69 Å². The Kier molecular flexibility index (Phi) is 4.89. The number of nitrogens with one attached hydrogen (secondary N) is 1. The minimum absolute atomic E-state index is 0.263. The second-order valence-corrected chi connectivity index (χ2v) is 7.27. The first-order chi connectivity index (χ1) is 14.6. The summed E-state index contributed by atoms with van der Waals surface area (Å²) >= 11 is 0. The van der Waals surface area contributed by atoms with Crippen LogP contribution in [0, 0.1) is 0 Å². The van der Waals surface area contributed by atoms with E-state index in [1.54, 1.807) is 24.3 Å². The van der Waals surface area contributed by atoms with E-state index in [-0.39, 0.29) is 5.69 Å². The number of ether oxygens (including phenoxy) is 2. The standard InChI is InChI=1S/C21H17F3N2O5/c1-20-11-30-19(21(22,23)24)26(20)18(29)15(16(20)27)17(28)25-12-7-9-14(10-8-12)31-13-5-3-2-4-6-13/h2-10,19,27H,11H2,1H3,(H,25,28)/t19-,20-/m1/s1. The van der Waals surface area contributed by atoms with Crippen molar-refractivity contribution in [1.29, 1.82) is 0 Å². The molecule has 7 nitrogen and oxygen atoms in total. The van der Waals surface area contributed by atoms with E-state index in [1.165, 1.54) is 19.1 Å². The van der Waals surface area contributed by atoms with Gasteiger partial charge in [-0.25, -0.2) is 0 Å². The number of anilines is 1. The molecular weight excluding hydrogens is 417 g/mol. The van der Waals surface area contributed by atoms with Gasteiger partial charge in [-0.3, -0.25) is 14.5 Å². The van der Waals surface area contributed by atoms with Crippen LogP contribution in [0.5, 0.6) is 11.5 Å². The van der Waals surface area contributed by atoms with Crippen LogP contribution in [0.4, 0.5) is 18.9 Å². The molecule has 31 heavy (non-hydrogen) atoms. The Morgan fingerprint density at radius 1 is 1.16 bits per heavy atom. The Labute approximate surface area is 174 Å². The summed E-state index contributed by atoms with van der Waals surface area (Å²) in [6.07, 6.45) is -7.40. The second kappa shape index (κ2) is 7.31. The number of alkyl halides is 3. The molecule has 0 aliphatic carbocycles. The van der Waals surface area contributed by atoms with Gasteiger partial charge in [-0.1, -0.05) is 18.2 Å². The van der Waals surface area contributed by atoms with Crippen LogP contribution in [0.3, 0.4) is 0 Å². The van der Waals surface area contributed by atoms with E-state index in [4.69, 9.17) is 4.74 Å². The summed E-state index contributed by atoms with van der Waals surface area (Å²) in [6.45, 7) is 0.624. The largest absolute Gasteiger partial charge is 0.509 e. The summed E-state index contributed by atoms with van der Waals surface area (Å²) in [5, 5.41) is 12.8. The molecule has 2 aliphatic rings. The molecule has 0 unspecified atom stereocenters. The zero-order chi connectivity index (χ0) is 22.4. The van der Waals surface area contributed by atoms with Gasteiger partial charge < -0.3 is 19.9 Å². The predicted octanol–water partition coefficient (Wildman–Crippen LogP) is 3.75. The van der Waals surface area contributed by atoms with Crippen molar-refractivity contribution in [2.24, 2.45) is 0 Å². The van der Waals surface area contributed by atoms with Crippen molar-refractivity contribution in [3.05, 3.63) is 65.9 Å². The lowest BCUT2D eigenvalue weighted by Crippen LogP contribution is -2.51. The molecular formula is C21H17F3N2O5. The quantitative estimate of drug-likeness (QED) is 0.716. The van der Waals surface area contributed by atoms with Crippen LogP contribution in [0.2, 0.25) is 0 Å². The Morgan fingerprint density at radius 2 is 1.77 bits per heavy atom. The Bertz CT molecular complexity index is 1050. The zero-order valence-corrected chi connectivity index (χ0v) is 16.1. The fourth-order valence-corrected chi connectivity index (χ4v) is 3.52. The summed E-state index contributed by atoms with van der Waals surface area (Å²) in [5.74, 6) is -1.93. The highest BCUT2D eigenvalue weighted by atomic mass is 19.4. The number of aliphatic hydroxyl groups excluding tert-OH is 1. The number of amides is 2. The monoisotopic (exact) mass is 434 g/mol. The predicted molar refractivity (Wildman–Crippen MR) is 102 cm³/mol. The molecule has 0 aromatic heterocycles. The Hall–Kier alpha value is -3.53. The number of benzene rings is 2. The van der Waals surface area contributed by atoms with Crippen LogP contribution >= 0.6 is 0 Å². The zero-order valence-electron chi connectivity index (χ0n) is 16.1. The number of nitrogens with zero attached hydrogens (tertiary/aromatic N) is 1. The van der Waals surface area contributed by atoms with Crippen molar-refractivity contribution in [1.82, 2.24) is 4.90 Å². The van der Waals surface area contributed by atoms with Gasteiger partial charge in [0.2, 0.25) is 6.23 Å². The molecule has 0 bridgehead atoms. The van der Waals surface area contributed by atoms with Gasteiger partial charge >= 0.3 is 6.18 Å². The first kappa shape index (κ1) is 20.7. The maximum Gasteiger partial charge on any atom is 0.433 e. The SMILES string of the molecule is C[C@]12CO[C@H](C(F)(F)F)N1C(=O)C(C(=O)Nc1ccc(Oc3ccccc3)cc1)=C2O. The molecule has 162 valence electrons. The fourth-order valence-electron chi connectivity index (χ4n) is 3.52. The van der Waals surface area contributed by atoms with Crippen molar-refractivity contribution < 1.29 is 37.3 Å². The van der Waals surface area contributed by atoms with Crippen molar-refractivity contribution in [3.63, 3.8) is 0 Å². The summed E-state index contributed by atoms with van der Waals surface area (Å²) < 4.78 is 49.9. The maximum absolute atomic E-state index is 13.2. The van der Waals surface area contributed by atoms with Crippen LogP contribution in [0.1, 0.15) is 6.92 Å². The van der Waals surface area contributed by atoms with E-state index in [0.29, 0.717) is 16.4 Å². The molecule has 2 atom stereocenters. The molecule has 4 rings (SSSR count). The lowest BCUT2D eigenvalue weighted by molar-refractivity contribution is -0.239. The number of para-hydroxylation sites is 1. The molecule has 2 aromatic rings. The van der Waals surface area contributed by atoms with E-state index in [2.05, 4.69) is 10.1 Å². The third-order valence-electron chi connectivity index (χ3n) is 5.07. The molecule has 0 radical (unpaired) electrons. The number of carbonyl (C=O) groups is 2. The molecule has 2 N–H and O–H groups in total. The number of carbonyl (C=O) groups excluding carboxylic acids is 2. The molecule has 2 heterocycles. The third-order valence-corrected chi connectivity index (χ3v) is 5.07. The van der Waals surface area contributed by atoms with Gasteiger partial charge in [0.25, 0.3) is 11.8 Å². The minimum atomic E-state index is -4.87. The highest BCUT2D eigenvalue weighted by Gasteiger charge is 2.64. The summed E-state index contributed by atoms with van der Waals surface area (Å²) in [6, 6.07) is 15.1. The van der Waals surface area contributed by atoms with Crippen LogP contribution in [0.25, 0.3) is 0 Å². The third kappa shape index (κ3) is 3.59. The number of hydrogen-bond acceptors (Lipinski definition) is 5. The van der Waals surface area contributed by atoms with Crippen molar-refractivity contribution >= 4 is 17.5 Å². The van der Waals surface area contributed by atoms with Crippen LogP contribution in [0.15, 0.2) is 65.9 Å². The van der Waals surface area contributed by atoms with Crippen molar-refractivity contribution in [2.45, 2.75) is 24.9 Å². The van der Waals surface area contributed by atoms with Gasteiger partial charge in [-0.15, -0.1) is 0 Å². The number of aliphatic hydroxyl groups is 1. The van der Waals surface area contributed by atoms with E-state index in [1.807, 2.05) is 18.2 Å². The molecule has 2 aliphatic heterocycles. The molecule has 0 spiro atoms. The van der Waals surface area contributed by atoms with Gasteiger partial charge in [-0.2, -0.15) is 13.2 Å². The van der Waals surface area contributed by atoms with Crippen molar-refractivity contribution in [2.75, 3.05) is 11.9 Å². The number of fused-ring (bicyclic) bond motifs is 1. The average molecular weight is 434 g/mol. The molecule has 0 saturated carbocycles. The number of rotatable bonds is 4. The first-order valence-corrected chi connectivity index (χ1v) is 9.21. The van der Waals surface area contributed by atoms with Gasteiger partial charge in [-0.05, 0) is 43.3 Å². The molecule has 2 amide bonds. The highest BCUT2D eigenvalue weighted by molar-refractivity contribution is 6.25. The van der Waals surface area contributed by atoms with E-state index < -0.39 is 47.7 Å². The maximum atomic E-state index is 13.2. The second-order valence-electron chi connectivity index (χ2n) is 7.27. The topological polar surface area (TPSA) is 88.1 Å². The first-order valence-electron chi connectivity index (χ1n) is 9.21. The summed E-state index contributed by atoms with van der Waals surface area (Å²) in [5.41, 5.74) is -2.25. The van der Waals surface area contributed by atoms with Crippen LogP contribution < -0.4 is 10.1 Å². The summed E-state index contributed by atoms with van der Waals surface area (Å²) in [7, 11) is 0. The van der Waals surface area contributed by atoms with Gasteiger partial charge in [0.1, 0.15) is 28.4 Å². The normalized spacial score (nSPS) is 23.2. The van der Waals surface area contributed by atoms with E-state index >= 15 is 0 Å². The Balaban J connectivity index is 1.50. The fraction of sp³-hybridized carbons (Fsp3) is 0.238. The number of halogens is 3. The van der Waals surface area contributed by atoms with E-state index in [0.717, 1.165) is 0 Å². The molecule has 10 heteroatoms. The average Bonchev–Trinajstić information content (AvgIpc) is 3.17. The van der Waals surface area contributed by atoms with Crippen LogP contribution in [-0.2, 0) is 14.3 Å². The lowest BCUT2D eigenvalue weighted by atomic mass is 10.0. The highest BCUT2D eigenvalue weighted by Crippen LogP contribution is 2.45. The van der Waals surface area contributed by atoms with Gasteiger partial charge in [0.15, 0.2) is 0 Å². The minimum Gasteiger partial charge on any atom is -0.509 e. The van der Waals surface area contributed by atoms with Gasteiger partial charge in [0.05, 0.1) is 6.61 Å².